The number of benzene rings is 2. The number of nitrogens with zero attached hydrogens (tertiary/aromatic N) is 3. The van der Waals surface area contributed by atoms with Gasteiger partial charge >= 0.3 is 0 Å². The lowest BCUT2D eigenvalue weighted by Gasteiger charge is -2.37. The number of aliphatic imine (C=N–C) groups is 1. The van der Waals surface area contributed by atoms with Gasteiger partial charge in [0, 0.05) is 45.5 Å². The Morgan fingerprint density at radius 2 is 1.66 bits per heavy atom. The maximum absolute atomic E-state index is 5.29. The number of hydrogen-bond donors (Lipinski definition) is 1. The van der Waals surface area contributed by atoms with Gasteiger partial charge in [-0.1, -0.05) is 12.1 Å². The number of ether oxygens (including phenoxy) is 2. The van der Waals surface area contributed by atoms with Crippen LogP contribution in [0.3, 0.4) is 0 Å². The maximum atomic E-state index is 5.29. The molecule has 0 atom stereocenters. The minimum Gasteiger partial charge on any atom is -0.497 e. The highest BCUT2D eigenvalue weighted by atomic mass is 127. The number of piperazine rings is 1. The molecule has 0 saturated carbocycles. The molecule has 6 nitrogen and oxygen atoms in total. The predicted octanol–water partition coefficient (Wildman–Crippen LogP) is 3.26. The summed E-state index contributed by atoms with van der Waals surface area (Å²) in [6.07, 6.45) is 0.933. The lowest BCUT2D eigenvalue weighted by molar-refractivity contribution is 0.372. The van der Waals surface area contributed by atoms with Gasteiger partial charge in [0.15, 0.2) is 5.96 Å². The van der Waals surface area contributed by atoms with Crippen LogP contribution >= 0.6 is 24.0 Å². The summed E-state index contributed by atoms with van der Waals surface area (Å²) in [6, 6.07) is 16.5. The highest BCUT2D eigenvalue weighted by Gasteiger charge is 2.19. The van der Waals surface area contributed by atoms with Gasteiger partial charge in [-0.25, -0.2) is 0 Å². The summed E-state index contributed by atoms with van der Waals surface area (Å²) in [4.78, 5) is 9.20. The second-order valence-electron chi connectivity index (χ2n) is 6.75. The molecule has 29 heavy (non-hydrogen) atoms. The molecule has 0 spiro atoms. The summed E-state index contributed by atoms with van der Waals surface area (Å²) in [7, 11) is 5.25. The molecular weight excluding hydrogens is 479 g/mol. The van der Waals surface area contributed by atoms with Gasteiger partial charge in [0.2, 0.25) is 0 Å². The zero-order chi connectivity index (χ0) is 19.8. The zero-order valence-corrected chi connectivity index (χ0v) is 19.8. The predicted molar refractivity (Wildman–Crippen MR) is 130 cm³/mol. The Hall–Kier alpha value is -2.16. The van der Waals surface area contributed by atoms with Crippen molar-refractivity contribution in [1.29, 1.82) is 0 Å². The van der Waals surface area contributed by atoms with E-state index in [2.05, 4.69) is 44.4 Å². The molecule has 158 valence electrons. The number of rotatable bonds is 6. The van der Waals surface area contributed by atoms with Crippen LogP contribution in [0.4, 0.5) is 5.69 Å². The summed E-state index contributed by atoms with van der Waals surface area (Å²) >= 11 is 0. The maximum Gasteiger partial charge on any atom is 0.193 e. The average Bonchev–Trinajstić information content (AvgIpc) is 2.77. The molecule has 1 fully saturated rings. The van der Waals surface area contributed by atoms with E-state index in [1.165, 1.54) is 11.3 Å². The highest BCUT2D eigenvalue weighted by molar-refractivity contribution is 14.0. The van der Waals surface area contributed by atoms with E-state index in [0.717, 1.165) is 56.6 Å². The van der Waals surface area contributed by atoms with E-state index < -0.39 is 0 Å². The number of hydrogen-bond acceptors (Lipinski definition) is 4. The molecule has 0 aliphatic carbocycles. The number of nitrogens with one attached hydrogen (secondary N) is 1. The molecule has 0 aromatic heterocycles. The third kappa shape index (κ3) is 6.42. The van der Waals surface area contributed by atoms with Crippen LogP contribution in [0.2, 0.25) is 0 Å². The fraction of sp³-hybridized carbons (Fsp3) is 0.409. The molecule has 2 aromatic carbocycles. The Bertz CT molecular complexity index is 775. The van der Waals surface area contributed by atoms with Crippen molar-refractivity contribution in [3.8, 4) is 11.5 Å². The topological polar surface area (TPSA) is 49.3 Å². The molecule has 2 aromatic rings. The Kier molecular flexibility index (Phi) is 9.37. The molecule has 0 radical (unpaired) electrons. The minimum absolute atomic E-state index is 0. The molecule has 1 heterocycles. The summed E-state index contributed by atoms with van der Waals surface area (Å²) in [6.45, 7) is 4.69. The monoisotopic (exact) mass is 510 g/mol. The van der Waals surface area contributed by atoms with Crippen LogP contribution in [0.1, 0.15) is 5.56 Å². The first-order valence-electron chi connectivity index (χ1n) is 9.71. The Morgan fingerprint density at radius 3 is 2.28 bits per heavy atom. The van der Waals surface area contributed by atoms with Crippen LogP contribution < -0.4 is 19.7 Å². The molecule has 1 N–H and O–H groups in total. The van der Waals surface area contributed by atoms with Gasteiger partial charge in [0.05, 0.1) is 14.2 Å². The van der Waals surface area contributed by atoms with Gasteiger partial charge in [-0.05, 0) is 48.4 Å². The number of halogens is 1. The molecule has 0 unspecified atom stereocenters. The van der Waals surface area contributed by atoms with E-state index in [9.17, 15) is 0 Å². The van der Waals surface area contributed by atoms with Crippen LogP contribution in [0.5, 0.6) is 11.5 Å². The van der Waals surface area contributed by atoms with Crippen molar-refractivity contribution >= 4 is 35.6 Å². The fourth-order valence-corrected chi connectivity index (χ4v) is 3.45. The van der Waals surface area contributed by atoms with E-state index >= 15 is 0 Å². The van der Waals surface area contributed by atoms with Gasteiger partial charge in [-0.3, -0.25) is 4.99 Å². The van der Waals surface area contributed by atoms with E-state index in [-0.39, 0.29) is 24.0 Å². The van der Waals surface area contributed by atoms with Crippen LogP contribution in [-0.4, -0.2) is 64.9 Å². The van der Waals surface area contributed by atoms with Crippen LogP contribution in [0.25, 0.3) is 0 Å². The summed E-state index contributed by atoms with van der Waals surface area (Å²) in [5.41, 5.74) is 2.49. The third-order valence-electron chi connectivity index (χ3n) is 5.06. The van der Waals surface area contributed by atoms with Crippen LogP contribution in [-0.2, 0) is 6.42 Å². The summed E-state index contributed by atoms with van der Waals surface area (Å²) in [5, 5.41) is 3.49. The van der Waals surface area contributed by atoms with Crippen LogP contribution in [0, 0.1) is 0 Å². The van der Waals surface area contributed by atoms with E-state index in [0.29, 0.717) is 0 Å². The Balaban J connectivity index is 0.00000300. The van der Waals surface area contributed by atoms with Gasteiger partial charge in [0.1, 0.15) is 11.5 Å². The number of guanidine groups is 1. The first-order valence-corrected chi connectivity index (χ1v) is 9.71. The van der Waals surface area contributed by atoms with Gasteiger partial charge in [-0.2, -0.15) is 0 Å². The molecule has 0 amide bonds. The Morgan fingerprint density at radius 1 is 0.966 bits per heavy atom. The summed E-state index contributed by atoms with van der Waals surface area (Å²) in [5.74, 6) is 2.76. The standard InChI is InChI=1S/C22H30N4O2.HI/c1-23-22(24-12-11-18-5-4-6-21(17-18)28-3)26-15-13-25(14-16-26)19-7-9-20(27-2)10-8-19;/h4-10,17H,11-16H2,1-3H3,(H,23,24);1H. The van der Waals surface area contributed by atoms with E-state index in [1.807, 2.05) is 31.3 Å². The van der Waals surface area contributed by atoms with Gasteiger partial charge in [-0.15, -0.1) is 24.0 Å². The highest BCUT2D eigenvalue weighted by Crippen LogP contribution is 2.20. The molecule has 7 heteroatoms. The molecule has 3 rings (SSSR count). The van der Waals surface area contributed by atoms with Crippen molar-refractivity contribution in [3.63, 3.8) is 0 Å². The van der Waals surface area contributed by atoms with E-state index in [1.54, 1.807) is 14.2 Å². The lowest BCUT2D eigenvalue weighted by atomic mass is 10.1. The first-order chi connectivity index (χ1) is 13.7. The molecule has 1 aliphatic heterocycles. The van der Waals surface area contributed by atoms with Crippen molar-refractivity contribution < 1.29 is 9.47 Å². The van der Waals surface area contributed by atoms with Gasteiger partial charge in [0.25, 0.3) is 0 Å². The molecular formula is C22H31IN4O2. The van der Waals surface area contributed by atoms with Crippen molar-refractivity contribution in [2.45, 2.75) is 6.42 Å². The lowest BCUT2D eigenvalue weighted by Crippen LogP contribution is -2.52. The Labute approximate surface area is 190 Å². The summed E-state index contributed by atoms with van der Waals surface area (Å²) < 4.78 is 10.5. The first kappa shape index (κ1) is 23.1. The second-order valence-corrected chi connectivity index (χ2v) is 6.75. The van der Waals surface area contributed by atoms with E-state index in [4.69, 9.17) is 9.47 Å². The largest absolute Gasteiger partial charge is 0.497 e. The molecule has 1 saturated heterocycles. The quantitative estimate of drug-likeness (QED) is 0.368. The van der Waals surface area contributed by atoms with Crippen molar-refractivity contribution in [2.75, 3.05) is 58.9 Å². The van der Waals surface area contributed by atoms with Crippen molar-refractivity contribution in [3.05, 3.63) is 54.1 Å². The van der Waals surface area contributed by atoms with Gasteiger partial charge < -0.3 is 24.6 Å². The smallest absolute Gasteiger partial charge is 0.193 e. The third-order valence-corrected chi connectivity index (χ3v) is 5.06. The molecule has 0 bridgehead atoms. The zero-order valence-electron chi connectivity index (χ0n) is 17.4. The fourth-order valence-electron chi connectivity index (χ4n) is 3.45. The number of anilines is 1. The van der Waals surface area contributed by atoms with Crippen LogP contribution in [0.15, 0.2) is 53.5 Å². The minimum atomic E-state index is 0. The molecule has 1 aliphatic rings. The number of methoxy groups -OCH3 is 2. The normalized spacial score (nSPS) is 14.2. The van der Waals surface area contributed by atoms with Crippen molar-refractivity contribution in [2.24, 2.45) is 4.99 Å². The van der Waals surface area contributed by atoms with Crippen molar-refractivity contribution in [1.82, 2.24) is 10.2 Å². The second kappa shape index (κ2) is 11.7. The SMILES string of the molecule is CN=C(NCCc1cccc(OC)c1)N1CCN(c2ccc(OC)cc2)CC1.I. The average molecular weight is 510 g/mol.